The highest BCUT2D eigenvalue weighted by atomic mass is 35.5. The van der Waals surface area contributed by atoms with Gasteiger partial charge in [-0.15, -0.1) is 5.10 Å². The van der Waals surface area contributed by atoms with Crippen LogP contribution in [0.1, 0.15) is 11.4 Å². The number of nitriles is 1. The molecule has 0 aliphatic rings. The Balaban J connectivity index is 2.49. The number of nitrogens with zero attached hydrogens (tertiary/aromatic N) is 4. The topological polar surface area (TPSA) is 77.6 Å². The monoisotopic (exact) mass is 348 g/mol. The summed E-state index contributed by atoms with van der Waals surface area (Å²) in [6.07, 6.45) is -3.80. The molecule has 2 rings (SSSR count). The van der Waals surface area contributed by atoms with Crippen molar-refractivity contribution in [3.63, 3.8) is 0 Å². The molecule has 5 nitrogen and oxygen atoms in total. The van der Waals surface area contributed by atoms with Crippen molar-refractivity contribution in [3.05, 3.63) is 34.9 Å². The molecule has 0 saturated heterocycles. The molecule has 1 atom stereocenters. The molecular formula is C12H8ClF3N4OS. The van der Waals surface area contributed by atoms with Crippen LogP contribution in [0.15, 0.2) is 23.4 Å². The molecule has 10 heteroatoms. The SMILES string of the molecule is Cc1cc(Cl)c(-n2cnc(C(F)(F)F)n2)cc1[S+]([O-])CC#N. The zero-order chi connectivity index (χ0) is 16.5. The van der Waals surface area contributed by atoms with Crippen LogP contribution < -0.4 is 0 Å². The highest BCUT2D eigenvalue weighted by molar-refractivity contribution is 7.91. The molecule has 0 amide bonds. The summed E-state index contributed by atoms with van der Waals surface area (Å²) in [4.78, 5) is 3.49. The third-order valence-corrected chi connectivity index (χ3v) is 4.30. The van der Waals surface area contributed by atoms with Gasteiger partial charge in [-0.2, -0.15) is 18.4 Å². The van der Waals surface area contributed by atoms with E-state index in [1.54, 1.807) is 13.0 Å². The van der Waals surface area contributed by atoms with Crippen LogP contribution in [0.4, 0.5) is 13.2 Å². The second kappa shape index (κ2) is 6.16. The highest BCUT2D eigenvalue weighted by Crippen LogP contribution is 2.30. The molecule has 1 unspecified atom stereocenters. The molecule has 116 valence electrons. The number of aromatic nitrogens is 3. The standard InChI is InChI=1S/C12H8ClF3N4OS/c1-7-4-8(13)9(5-10(7)22(21)3-2-17)20-6-18-11(19-20)12(14,15)16/h4-6H,3H2,1H3. The number of aryl methyl sites for hydroxylation is 1. The minimum Gasteiger partial charge on any atom is -0.611 e. The largest absolute Gasteiger partial charge is 0.611 e. The fraction of sp³-hybridized carbons (Fsp3) is 0.250. The molecule has 1 heterocycles. The maximum Gasteiger partial charge on any atom is 0.453 e. The minimum atomic E-state index is -4.67. The molecule has 1 aromatic carbocycles. The number of hydrogen-bond acceptors (Lipinski definition) is 4. The van der Waals surface area contributed by atoms with Crippen molar-refractivity contribution in [2.24, 2.45) is 0 Å². The summed E-state index contributed by atoms with van der Waals surface area (Å²) in [6, 6.07) is 4.58. The second-order valence-corrected chi connectivity index (χ2v) is 6.05. The van der Waals surface area contributed by atoms with Gasteiger partial charge in [0.1, 0.15) is 12.4 Å². The Bertz CT molecular complexity index is 741. The smallest absolute Gasteiger partial charge is 0.453 e. The second-order valence-electron chi connectivity index (χ2n) is 4.23. The van der Waals surface area contributed by atoms with Crippen LogP contribution in [0.25, 0.3) is 5.69 Å². The number of hydrogen-bond donors (Lipinski definition) is 0. The quantitative estimate of drug-likeness (QED) is 0.799. The van der Waals surface area contributed by atoms with Crippen molar-refractivity contribution < 1.29 is 17.7 Å². The Kier molecular flexibility index (Phi) is 4.65. The number of benzene rings is 1. The zero-order valence-electron chi connectivity index (χ0n) is 11.1. The van der Waals surface area contributed by atoms with E-state index in [-0.39, 0.29) is 16.5 Å². The Morgan fingerprint density at radius 2 is 2.14 bits per heavy atom. The first kappa shape index (κ1) is 16.6. The lowest BCUT2D eigenvalue weighted by Gasteiger charge is -2.12. The van der Waals surface area contributed by atoms with E-state index in [0.717, 1.165) is 11.0 Å². The first-order chi connectivity index (χ1) is 10.2. The lowest BCUT2D eigenvalue weighted by Crippen LogP contribution is -2.10. The normalized spacial score (nSPS) is 13.0. The van der Waals surface area contributed by atoms with E-state index in [1.807, 2.05) is 0 Å². The van der Waals surface area contributed by atoms with E-state index >= 15 is 0 Å². The molecule has 0 spiro atoms. The third kappa shape index (κ3) is 3.35. The van der Waals surface area contributed by atoms with Crippen molar-refractivity contribution in [2.75, 3.05) is 5.75 Å². The van der Waals surface area contributed by atoms with Gasteiger partial charge in [-0.05, 0) is 13.0 Å². The summed E-state index contributed by atoms with van der Waals surface area (Å²) in [7, 11) is 0. The summed E-state index contributed by atoms with van der Waals surface area (Å²) in [5, 5.41) is 12.1. The highest BCUT2D eigenvalue weighted by Gasteiger charge is 2.36. The van der Waals surface area contributed by atoms with E-state index in [2.05, 4.69) is 10.1 Å². The maximum atomic E-state index is 12.5. The van der Waals surface area contributed by atoms with Gasteiger partial charge in [0, 0.05) is 22.8 Å². The number of halogens is 4. The summed E-state index contributed by atoms with van der Waals surface area (Å²) in [5.41, 5.74) is 0.676. The molecule has 0 saturated carbocycles. The molecule has 1 aromatic heterocycles. The van der Waals surface area contributed by atoms with Crippen molar-refractivity contribution in [1.29, 1.82) is 5.26 Å². The van der Waals surface area contributed by atoms with Gasteiger partial charge >= 0.3 is 6.18 Å². The van der Waals surface area contributed by atoms with E-state index in [4.69, 9.17) is 16.9 Å². The average molecular weight is 349 g/mol. The van der Waals surface area contributed by atoms with Crippen LogP contribution in [0.5, 0.6) is 0 Å². The van der Waals surface area contributed by atoms with Crippen molar-refractivity contribution in [1.82, 2.24) is 14.8 Å². The van der Waals surface area contributed by atoms with Crippen LogP contribution in [0.3, 0.4) is 0 Å². The minimum absolute atomic E-state index is 0.108. The third-order valence-electron chi connectivity index (χ3n) is 2.68. The van der Waals surface area contributed by atoms with Crippen molar-refractivity contribution in [2.45, 2.75) is 18.0 Å². The molecule has 0 aliphatic heterocycles. The molecule has 0 radical (unpaired) electrons. The Morgan fingerprint density at radius 1 is 1.45 bits per heavy atom. The van der Waals surface area contributed by atoms with Crippen molar-refractivity contribution >= 4 is 22.8 Å². The fourth-order valence-corrected chi connectivity index (χ4v) is 2.95. The van der Waals surface area contributed by atoms with Gasteiger partial charge in [0.25, 0.3) is 5.82 Å². The Labute approximate surface area is 131 Å². The first-order valence-electron chi connectivity index (χ1n) is 5.78. The van der Waals surface area contributed by atoms with Crippen LogP contribution in [0.2, 0.25) is 5.02 Å². The number of alkyl halides is 3. The predicted octanol–water partition coefficient (Wildman–Crippen LogP) is 2.88. The van der Waals surface area contributed by atoms with Gasteiger partial charge in [-0.1, -0.05) is 11.6 Å². The van der Waals surface area contributed by atoms with E-state index in [9.17, 15) is 17.7 Å². The van der Waals surface area contributed by atoms with Gasteiger partial charge in [0.05, 0.1) is 10.7 Å². The Morgan fingerprint density at radius 3 is 2.68 bits per heavy atom. The summed E-state index contributed by atoms with van der Waals surface area (Å²) in [5.74, 6) is -1.53. The molecule has 2 aromatic rings. The van der Waals surface area contributed by atoms with Crippen LogP contribution in [-0.4, -0.2) is 25.1 Å². The van der Waals surface area contributed by atoms with E-state index < -0.39 is 23.2 Å². The van der Waals surface area contributed by atoms with Gasteiger partial charge in [-0.3, -0.25) is 0 Å². The Hall–Kier alpha value is -1.76. The zero-order valence-corrected chi connectivity index (χ0v) is 12.6. The van der Waals surface area contributed by atoms with Gasteiger partial charge < -0.3 is 4.55 Å². The van der Waals surface area contributed by atoms with E-state index in [1.165, 1.54) is 12.1 Å². The first-order valence-corrected chi connectivity index (χ1v) is 7.48. The number of rotatable bonds is 3. The maximum absolute atomic E-state index is 12.5. The average Bonchev–Trinajstić information content (AvgIpc) is 2.88. The fourth-order valence-electron chi connectivity index (χ4n) is 1.71. The molecule has 0 aliphatic carbocycles. The lowest BCUT2D eigenvalue weighted by atomic mass is 10.2. The molecule has 0 bridgehead atoms. The van der Waals surface area contributed by atoms with E-state index in [0.29, 0.717) is 10.5 Å². The summed E-state index contributed by atoms with van der Waals surface area (Å²) < 4.78 is 50.4. The van der Waals surface area contributed by atoms with Crippen LogP contribution in [0, 0.1) is 18.3 Å². The van der Waals surface area contributed by atoms with Gasteiger partial charge in [0.2, 0.25) is 0 Å². The van der Waals surface area contributed by atoms with Gasteiger partial charge in [-0.25, -0.2) is 9.67 Å². The molecule has 0 N–H and O–H groups in total. The van der Waals surface area contributed by atoms with Crippen LogP contribution >= 0.6 is 11.6 Å². The van der Waals surface area contributed by atoms with Gasteiger partial charge in [0.15, 0.2) is 10.6 Å². The van der Waals surface area contributed by atoms with Crippen molar-refractivity contribution in [3.8, 4) is 11.8 Å². The lowest BCUT2D eigenvalue weighted by molar-refractivity contribution is -0.144. The molecular weight excluding hydrogens is 341 g/mol. The summed E-state index contributed by atoms with van der Waals surface area (Å²) >= 11 is 4.41. The molecule has 0 fully saturated rings. The molecule has 22 heavy (non-hydrogen) atoms. The predicted molar refractivity (Wildman–Crippen MR) is 73.0 cm³/mol. The summed E-state index contributed by atoms with van der Waals surface area (Å²) in [6.45, 7) is 1.64. The van der Waals surface area contributed by atoms with Crippen LogP contribution in [-0.2, 0) is 17.4 Å².